The number of ether oxygens (including phenoxy) is 2. The van der Waals surface area contributed by atoms with Crippen LogP contribution in [0, 0.1) is 0 Å². The number of likely N-dealkylation sites (tertiary alicyclic amines) is 1. The summed E-state index contributed by atoms with van der Waals surface area (Å²) >= 11 is 0. The molecule has 11 heteroatoms. The van der Waals surface area contributed by atoms with Gasteiger partial charge in [-0.25, -0.2) is 4.98 Å². The summed E-state index contributed by atoms with van der Waals surface area (Å²) in [5, 5.41) is 0. The Bertz CT molecular complexity index is 1270. The Morgan fingerprint density at radius 1 is 1.11 bits per heavy atom. The van der Waals surface area contributed by atoms with E-state index in [4.69, 9.17) is 10.5 Å². The number of halogens is 3. The molecule has 0 spiro atoms. The van der Waals surface area contributed by atoms with E-state index in [1.807, 2.05) is 19.3 Å². The van der Waals surface area contributed by atoms with Crippen LogP contribution >= 0.6 is 0 Å². The van der Waals surface area contributed by atoms with Crippen molar-refractivity contribution in [2.45, 2.75) is 38.1 Å². The molecule has 0 radical (unpaired) electrons. The topological polar surface area (TPSA) is 99.7 Å². The first kappa shape index (κ1) is 26.1. The smallest absolute Gasteiger partial charge is 0.489 e. The molecular weight excluding hydrogens is 489 g/mol. The Morgan fingerprint density at radius 2 is 1.78 bits per heavy atom. The Kier molecular flexibility index (Phi) is 7.42. The molecule has 0 aliphatic carbocycles. The number of aryl methyl sites for hydroxylation is 1. The zero-order chi connectivity index (χ0) is 26.7. The lowest BCUT2D eigenvalue weighted by Gasteiger charge is -2.34. The molecule has 0 bridgehead atoms. The molecule has 0 unspecified atom stereocenters. The minimum Gasteiger partial charge on any atom is -0.489 e. The van der Waals surface area contributed by atoms with Gasteiger partial charge in [0, 0.05) is 44.7 Å². The van der Waals surface area contributed by atoms with Crippen molar-refractivity contribution in [3.05, 3.63) is 66.1 Å². The number of aromatic nitrogens is 2. The van der Waals surface area contributed by atoms with E-state index < -0.39 is 18.2 Å². The Labute approximate surface area is 211 Å². The highest BCUT2D eigenvalue weighted by Gasteiger charge is 2.32. The SMILES string of the molecule is C[C@H](C(=O)N1CCC(Oc2ccc(-c3cn(C)cn3)cc2C(N)=O)CC1)c1ccc(OC(F)(F)F)cc1. The first-order chi connectivity index (χ1) is 17.5. The minimum absolute atomic E-state index is 0.125. The second-order valence-electron chi connectivity index (χ2n) is 8.98. The van der Waals surface area contributed by atoms with Crippen molar-refractivity contribution in [2.75, 3.05) is 13.1 Å². The lowest BCUT2D eigenvalue weighted by Crippen LogP contribution is -2.43. The quantitative estimate of drug-likeness (QED) is 0.506. The van der Waals surface area contributed by atoms with Gasteiger partial charge in [-0.05, 0) is 42.8 Å². The Hall–Kier alpha value is -4.02. The molecule has 8 nitrogen and oxygen atoms in total. The maximum Gasteiger partial charge on any atom is 0.573 e. The molecule has 3 aromatic rings. The van der Waals surface area contributed by atoms with Crippen LogP contribution in [0.15, 0.2) is 55.0 Å². The van der Waals surface area contributed by atoms with Crippen molar-refractivity contribution in [2.24, 2.45) is 12.8 Å². The number of carbonyl (C=O) groups excluding carboxylic acids is 2. The van der Waals surface area contributed by atoms with Gasteiger partial charge in [0.15, 0.2) is 0 Å². The van der Waals surface area contributed by atoms with E-state index in [0.29, 0.717) is 42.9 Å². The summed E-state index contributed by atoms with van der Waals surface area (Å²) in [6.07, 6.45) is -0.379. The summed E-state index contributed by atoms with van der Waals surface area (Å²) in [5.74, 6) is -1.22. The van der Waals surface area contributed by atoms with E-state index in [-0.39, 0.29) is 23.3 Å². The van der Waals surface area contributed by atoms with Gasteiger partial charge in [0.1, 0.15) is 17.6 Å². The van der Waals surface area contributed by atoms with Crippen molar-refractivity contribution < 1.29 is 32.2 Å². The van der Waals surface area contributed by atoms with Gasteiger partial charge in [0.2, 0.25) is 5.91 Å². The summed E-state index contributed by atoms with van der Waals surface area (Å²) < 4.78 is 48.9. The lowest BCUT2D eigenvalue weighted by molar-refractivity contribution is -0.274. The fraction of sp³-hybridized carbons (Fsp3) is 0.346. The summed E-state index contributed by atoms with van der Waals surface area (Å²) in [4.78, 5) is 31.1. The molecule has 1 aliphatic rings. The molecule has 4 rings (SSSR count). The maximum absolute atomic E-state index is 13.0. The molecule has 1 fully saturated rings. The van der Waals surface area contributed by atoms with Crippen molar-refractivity contribution in [3.8, 4) is 22.8 Å². The molecule has 1 aliphatic heterocycles. The van der Waals surface area contributed by atoms with E-state index >= 15 is 0 Å². The molecule has 1 aromatic heterocycles. The third-order valence-corrected chi connectivity index (χ3v) is 6.28. The summed E-state index contributed by atoms with van der Waals surface area (Å²) in [6, 6.07) is 10.5. The van der Waals surface area contributed by atoms with Crippen LogP contribution in [0.5, 0.6) is 11.5 Å². The predicted octanol–water partition coefficient (Wildman–Crippen LogP) is 4.26. The highest BCUT2D eigenvalue weighted by molar-refractivity contribution is 5.97. The molecule has 0 saturated carbocycles. The number of benzene rings is 2. The van der Waals surface area contributed by atoms with Crippen molar-refractivity contribution in [1.29, 1.82) is 0 Å². The summed E-state index contributed by atoms with van der Waals surface area (Å²) in [7, 11) is 1.85. The molecule has 37 heavy (non-hydrogen) atoms. The monoisotopic (exact) mass is 516 g/mol. The van der Waals surface area contributed by atoms with Crippen LogP contribution in [-0.2, 0) is 11.8 Å². The number of primary amides is 1. The number of rotatable bonds is 7. The van der Waals surface area contributed by atoms with Crippen LogP contribution in [0.25, 0.3) is 11.3 Å². The summed E-state index contributed by atoms with van der Waals surface area (Å²) in [6.45, 7) is 2.61. The van der Waals surface area contributed by atoms with E-state index in [0.717, 1.165) is 5.56 Å². The zero-order valence-corrected chi connectivity index (χ0v) is 20.4. The highest BCUT2D eigenvalue weighted by atomic mass is 19.4. The van der Waals surface area contributed by atoms with Gasteiger partial charge >= 0.3 is 6.36 Å². The second-order valence-corrected chi connectivity index (χ2v) is 8.98. The molecular formula is C26H27F3N4O4. The number of alkyl halides is 3. The maximum atomic E-state index is 13.0. The van der Waals surface area contributed by atoms with Gasteiger partial charge < -0.3 is 24.7 Å². The van der Waals surface area contributed by atoms with Crippen LogP contribution in [0.4, 0.5) is 13.2 Å². The van der Waals surface area contributed by atoms with Crippen LogP contribution in [0.1, 0.15) is 41.6 Å². The van der Waals surface area contributed by atoms with Crippen LogP contribution in [0.2, 0.25) is 0 Å². The first-order valence-corrected chi connectivity index (χ1v) is 11.7. The van der Waals surface area contributed by atoms with Gasteiger partial charge in [-0.15, -0.1) is 13.2 Å². The second kappa shape index (κ2) is 10.5. The number of hydrogen-bond donors (Lipinski definition) is 1. The average Bonchev–Trinajstić information content (AvgIpc) is 3.29. The van der Waals surface area contributed by atoms with Crippen LogP contribution in [-0.4, -0.2) is 51.8 Å². The number of nitrogens with two attached hydrogens (primary N) is 1. The van der Waals surface area contributed by atoms with Gasteiger partial charge in [0.25, 0.3) is 5.91 Å². The first-order valence-electron chi connectivity index (χ1n) is 11.7. The average molecular weight is 517 g/mol. The number of piperidine rings is 1. The Balaban J connectivity index is 1.36. The zero-order valence-electron chi connectivity index (χ0n) is 20.4. The van der Waals surface area contributed by atoms with E-state index in [2.05, 4.69) is 9.72 Å². The highest BCUT2D eigenvalue weighted by Crippen LogP contribution is 2.30. The van der Waals surface area contributed by atoms with E-state index in [9.17, 15) is 22.8 Å². The van der Waals surface area contributed by atoms with Gasteiger partial charge in [-0.3, -0.25) is 9.59 Å². The van der Waals surface area contributed by atoms with Crippen molar-refractivity contribution >= 4 is 11.8 Å². The van der Waals surface area contributed by atoms with Gasteiger partial charge in [-0.2, -0.15) is 0 Å². The molecule has 2 aromatic carbocycles. The van der Waals surface area contributed by atoms with E-state index in [1.54, 1.807) is 34.9 Å². The molecule has 196 valence electrons. The third kappa shape index (κ3) is 6.41. The molecule has 1 saturated heterocycles. The van der Waals surface area contributed by atoms with Crippen molar-refractivity contribution in [1.82, 2.24) is 14.5 Å². The molecule has 2 amide bonds. The fourth-order valence-electron chi connectivity index (χ4n) is 4.29. The van der Waals surface area contributed by atoms with Gasteiger partial charge in [0.05, 0.1) is 23.5 Å². The molecule has 2 N–H and O–H groups in total. The predicted molar refractivity (Wildman–Crippen MR) is 129 cm³/mol. The van der Waals surface area contributed by atoms with Crippen LogP contribution < -0.4 is 15.2 Å². The lowest BCUT2D eigenvalue weighted by atomic mass is 9.97. The number of hydrogen-bond acceptors (Lipinski definition) is 5. The Morgan fingerprint density at radius 3 is 2.35 bits per heavy atom. The van der Waals surface area contributed by atoms with Crippen LogP contribution in [0.3, 0.4) is 0 Å². The standard InChI is InChI=1S/C26H27F3N4O4/c1-16(17-3-6-20(7-4-17)37-26(27,28)29)25(35)33-11-9-19(10-12-33)36-23-8-5-18(13-21(23)24(30)34)22-14-32(2)15-31-22/h3-8,13-16,19H,9-12H2,1-2H3,(H2,30,34)/t16-/m0/s1. The normalized spacial score (nSPS) is 15.3. The minimum atomic E-state index is -4.77. The molecule has 1 atom stereocenters. The number of amides is 2. The van der Waals surface area contributed by atoms with E-state index in [1.165, 1.54) is 24.3 Å². The fourth-order valence-corrected chi connectivity index (χ4v) is 4.29. The van der Waals surface area contributed by atoms with Crippen molar-refractivity contribution in [3.63, 3.8) is 0 Å². The number of carbonyl (C=O) groups is 2. The number of nitrogens with zero attached hydrogens (tertiary/aromatic N) is 3. The summed E-state index contributed by atoms with van der Waals surface area (Å²) in [5.41, 5.74) is 7.91. The largest absolute Gasteiger partial charge is 0.573 e. The van der Waals surface area contributed by atoms with Gasteiger partial charge in [-0.1, -0.05) is 12.1 Å². The number of imidazole rings is 1. The third-order valence-electron chi connectivity index (χ3n) is 6.28. The molecule has 2 heterocycles.